The van der Waals surface area contributed by atoms with Gasteiger partial charge in [-0.1, -0.05) is 48.1 Å². The number of nitrogens with one attached hydrogen (secondary N) is 2. The maximum atomic E-state index is 11.7. The Labute approximate surface area is 160 Å². The van der Waals surface area contributed by atoms with Crippen LogP contribution in [-0.4, -0.2) is 34.6 Å². The summed E-state index contributed by atoms with van der Waals surface area (Å²) in [5.74, 6) is -1.02. The van der Waals surface area contributed by atoms with Crippen molar-refractivity contribution >= 4 is 34.4 Å². The zero-order chi connectivity index (χ0) is 19.5. The van der Waals surface area contributed by atoms with Gasteiger partial charge in [-0.25, -0.2) is 4.79 Å². The van der Waals surface area contributed by atoms with Crippen LogP contribution in [0.2, 0.25) is 0 Å². The van der Waals surface area contributed by atoms with Crippen molar-refractivity contribution in [2.45, 2.75) is 25.9 Å². The number of hydrogen-bond acceptors (Lipinski definition) is 7. The van der Waals surface area contributed by atoms with Crippen LogP contribution in [0.15, 0.2) is 30.3 Å². The lowest BCUT2D eigenvalue weighted by atomic mass is 10.2. The third-order valence-corrected chi connectivity index (χ3v) is 4.16. The number of rotatable bonds is 10. The summed E-state index contributed by atoms with van der Waals surface area (Å²) >= 11 is 0.913. The fourth-order valence-corrected chi connectivity index (χ4v) is 2.60. The highest BCUT2D eigenvalue weighted by Gasteiger charge is 2.11. The highest BCUT2D eigenvalue weighted by atomic mass is 32.1. The molecule has 0 aliphatic heterocycles. The van der Waals surface area contributed by atoms with Crippen LogP contribution in [-0.2, 0) is 16.1 Å². The molecule has 1 aromatic heterocycles. The van der Waals surface area contributed by atoms with Gasteiger partial charge in [-0.05, 0) is 18.4 Å². The molecular formula is C17H20N5O4S. The quantitative estimate of drug-likeness (QED) is 0.530. The van der Waals surface area contributed by atoms with Gasteiger partial charge in [0.25, 0.3) is 5.91 Å². The Bertz CT molecular complexity index is 766. The van der Waals surface area contributed by atoms with Crippen molar-refractivity contribution in [1.82, 2.24) is 15.5 Å². The number of unbranched alkanes of at least 4 members (excludes halogenated alkanes) is 2. The zero-order valence-electron chi connectivity index (χ0n) is 14.5. The topological polar surface area (TPSA) is 136 Å². The largest absolute Gasteiger partial charge is 0.445 e. The molecule has 0 bridgehead atoms. The molecule has 0 fully saturated rings. The summed E-state index contributed by atoms with van der Waals surface area (Å²) in [6.45, 7) is 0.686. The molecule has 1 radical (unpaired) electrons. The average Bonchev–Trinajstić information content (AvgIpc) is 3.12. The average molecular weight is 390 g/mol. The normalized spacial score (nSPS) is 10.2. The van der Waals surface area contributed by atoms with Crippen LogP contribution in [0.1, 0.15) is 34.6 Å². The van der Waals surface area contributed by atoms with Gasteiger partial charge in [0.15, 0.2) is 0 Å². The Hall–Kier alpha value is -3.01. The van der Waals surface area contributed by atoms with E-state index in [2.05, 4.69) is 20.8 Å². The number of benzene rings is 1. The van der Waals surface area contributed by atoms with Gasteiger partial charge in [-0.3, -0.25) is 9.59 Å². The molecule has 3 amide bonds. The van der Waals surface area contributed by atoms with E-state index in [-0.39, 0.29) is 22.7 Å². The maximum absolute atomic E-state index is 11.7. The molecule has 143 valence electrons. The lowest BCUT2D eigenvalue weighted by Crippen LogP contribution is -2.25. The molecule has 0 saturated carbocycles. The Morgan fingerprint density at radius 2 is 1.93 bits per heavy atom. The van der Waals surface area contributed by atoms with Gasteiger partial charge in [0.2, 0.25) is 16.0 Å². The van der Waals surface area contributed by atoms with Crippen LogP contribution < -0.4 is 16.4 Å². The summed E-state index contributed by atoms with van der Waals surface area (Å²) in [5, 5.41) is 12.6. The minimum Gasteiger partial charge on any atom is -0.445 e. The molecule has 0 unspecified atom stereocenters. The van der Waals surface area contributed by atoms with Crippen molar-refractivity contribution in [3.05, 3.63) is 47.3 Å². The molecule has 2 rings (SSSR count). The fraction of sp³-hybridized carbons (Fsp3) is 0.294. The van der Waals surface area contributed by atoms with Crippen LogP contribution >= 0.6 is 11.3 Å². The minimum absolute atomic E-state index is 0.0375. The number of nitrogens with two attached hydrogens (primary N) is 1. The standard InChI is InChI=1S/C17H20N5O4S/c18-14(24)15-21-22-16(27-15)20-13(23)9-5-2-6-10-19-17(25)26-11-12-7-3-1-4-8-12/h1,3-4,7-9H,2,5-6,10-11H2,(H2,18,24)(H,19,25)(H,20,22,23). The zero-order valence-corrected chi connectivity index (χ0v) is 15.3. The van der Waals surface area contributed by atoms with E-state index < -0.39 is 12.0 Å². The number of primary amides is 1. The molecular weight excluding hydrogens is 370 g/mol. The molecule has 4 N–H and O–H groups in total. The van der Waals surface area contributed by atoms with Crippen LogP contribution in [0.5, 0.6) is 0 Å². The Morgan fingerprint density at radius 3 is 2.63 bits per heavy atom. The maximum Gasteiger partial charge on any atom is 0.407 e. The number of carbonyl (C=O) groups is 3. The van der Waals surface area contributed by atoms with Crippen LogP contribution in [0.4, 0.5) is 9.93 Å². The molecule has 0 spiro atoms. The van der Waals surface area contributed by atoms with Gasteiger partial charge < -0.3 is 21.1 Å². The third-order valence-electron chi connectivity index (χ3n) is 3.31. The smallest absolute Gasteiger partial charge is 0.407 e. The molecule has 2 aromatic rings. The number of nitrogens with zero attached hydrogens (tertiary/aromatic N) is 2. The summed E-state index contributed by atoms with van der Waals surface area (Å²) in [7, 11) is 0. The first kappa shape index (κ1) is 20.3. The van der Waals surface area contributed by atoms with Crippen LogP contribution in [0.25, 0.3) is 0 Å². The molecule has 0 atom stereocenters. The molecule has 1 heterocycles. The Balaban J connectivity index is 1.50. The Kier molecular flexibility index (Phi) is 8.17. The number of alkyl carbamates (subject to hydrolysis) is 1. The second-order valence-corrected chi connectivity index (χ2v) is 6.43. The molecule has 0 aliphatic carbocycles. The van der Waals surface area contributed by atoms with E-state index in [1.165, 1.54) is 6.42 Å². The molecule has 0 aliphatic rings. The molecule has 27 heavy (non-hydrogen) atoms. The highest BCUT2D eigenvalue weighted by molar-refractivity contribution is 7.17. The van der Waals surface area contributed by atoms with Crippen molar-refractivity contribution in [3.63, 3.8) is 0 Å². The van der Waals surface area contributed by atoms with E-state index in [9.17, 15) is 14.4 Å². The van der Waals surface area contributed by atoms with Gasteiger partial charge >= 0.3 is 6.09 Å². The monoisotopic (exact) mass is 390 g/mol. The fourth-order valence-electron chi connectivity index (χ4n) is 2.00. The summed E-state index contributed by atoms with van der Waals surface area (Å²) in [6, 6.07) is 9.41. The number of aromatic nitrogens is 2. The number of anilines is 1. The summed E-state index contributed by atoms with van der Waals surface area (Å²) in [4.78, 5) is 34.2. The van der Waals surface area contributed by atoms with Gasteiger partial charge in [0.1, 0.15) is 6.61 Å². The molecule has 0 saturated heterocycles. The number of hydrogen-bond donors (Lipinski definition) is 3. The van der Waals surface area contributed by atoms with Crippen molar-refractivity contribution in [1.29, 1.82) is 0 Å². The van der Waals surface area contributed by atoms with E-state index in [1.54, 1.807) is 0 Å². The Morgan fingerprint density at radius 1 is 1.15 bits per heavy atom. The van der Waals surface area contributed by atoms with Crippen LogP contribution in [0, 0.1) is 6.42 Å². The van der Waals surface area contributed by atoms with Crippen LogP contribution in [0.3, 0.4) is 0 Å². The van der Waals surface area contributed by atoms with Crippen molar-refractivity contribution in [3.8, 4) is 0 Å². The molecule has 9 nitrogen and oxygen atoms in total. The molecule has 10 heteroatoms. The van der Waals surface area contributed by atoms with Crippen molar-refractivity contribution in [2.24, 2.45) is 5.73 Å². The first-order valence-corrected chi connectivity index (χ1v) is 9.08. The minimum atomic E-state index is -0.688. The summed E-state index contributed by atoms with van der Waals surface area (Å²) in [5.41, 5.74) is 5.99. The van der Waals surface area contributed by atoms with Crippen molar-refractivity contribution < 1.29 is 19.1 Å². The SMILES string of the molecule is NC(=O)c1nnc(NC(=O)[CH]CCCCNC(=O)OCc2ccccc2)s1. The first-order chi connectivity index (χ1) is 13.0. The lowest BCUT2D eigenvalue weighted by Gasteiger charge is -2.07. The lowest BCUT2D eigenvalue weighted by molar-refractivity contribution is -0.113. The predicted molar refractivity (Wildman–Crippen MR) is 99.8 cm³/mol. The number of amides is 3. The number of ether oxygens (including phenoxy) is 1. The predicted octanol–water partition coefficient (Wildman–Crippen LogP) is 1.88. The second-order valence-electron chi connectivity index (χ2n) is 5.45. The van der Waals surface area contributed by atoms with E-state index in [4.69, 9.17) is 10.5 Å². The van der Waals surface area contributed by atoms with Gasteiger partial charge in [-0.15, -0.1) is 10.2 Å². The van der Waals surface area contributed by atoms with Gasteiger partial charge in [0, 0.05) is 13.0 Å². The van der Waals surface area contributed by atoms with Gasteiger partial charge in [-0.2, -0.15) is 0 Å². The number of carbonyl (C=O) groups excluding carboxylic acids is 3. The van der Waals surface area contributed by atoms with Gasteiger partial charge in [0.05, 0.1) is 0 Å². The summed E-state index contributed by atoms with van der Waals surface area (Å²) in [6.07, 6.45) is 2.96. The second kappa shape index (κ2) is 10.9. The summed E-state index contributed by atoms with van der Waals surface area (Å²) < 4.78 is 5.09. The van der Waals surface area contributed by atoms with E-state index in [0.717, 1.165) is 23.3 Å². The highest BCUT2D eigenvalue weighted by Crippen LogP contribution is 2.14. The van der Waals surface area contributed by atoms with E-state index >= 15 is 0 Å². The first-order valence-electron chi connectivity index (χ1n) is 8.26. The third kappa shape index (κ3) is 7.82. The van der Waals surface area contributed by atoms with Crippen molar-refractivity contribution in [2.75, 3.05) is 11.9 Å². The van der Waals surface area contributed by atoms with E-state index in [1.807, 2.05) is 30.3 Å². The van der Waals surface area contributed by atoms with E-state index in [0.29, 0.717) is 19.4 Å². The molecule has 1 aromatic carbocycles.